The molecule has 2 aliphatic rings. The standard InChI is InChI=1S/C20H23F3N2O4/c21-20(22,23)19(28)29-18(27)15-8-4-5-9-16(15)24-10-12-25(13-11-24)17(26)14-6-2-1-3-7-14/h1-3,6-7,15-16H,4-5,8-13H2/t15-,16-/m1/s1. The van der Waals surface area contributed by atoms with E-state index >= 15 is 0 Å². The molecule has 0 spiro atoms. The van der Waals surface area contributed by atoms with E-state index < -0.39 is 24.0 Å². The average Bonchev–Trinajstić information content (AvgIpc) is 2.73. The lowest BCUT2D eigenvalue weighted by molar-refractivity contribution is -0.204. The summed E-state index contributed by atoms with van der Waals surface area (Å²) in [5.41, 5.74) is 0.603. The van der Waals surface area contributed by atoms with Crippen LogP contribution >= 0.6 is 0 Å². The lowest BCUT2D eigenvalue weighted by atomic mass is 9.83. The van der Waals surface area contributed by atoms with E-state index in [0.717, 1.165) is 6.42 Å². The summed E-state index contributed by atoms with van der Waals surface area (Å²) in [5, 5.41) is 0. The Bertz CT molecular complexity index is 746. The first-order chi connectivity index (χ1) is 13.8. The smallest absolute Gasteiger partial charge is 0.386 e. The zero-order chi connectivity index (χ0) is 21.0. The van der Waals surface area contributed by atoms with Crippen LogP contribution in [0.4, 0.5) is 13.2 Å². The molecule has 3 rings (SSSR count). The molecule has 1 heterocycles. The number of nitrogens with zero attached hydrogens (tertiary/aromatic N) is 2. The second kappa shape index (κ2) is 8.94. The maximum atomic E-state index is 12.6. The van der Waals surface area contributed by atoms with Crippen LogP contribution < -0.4 is 0 Å². The van der Waals surface area contributed by atoms with Crippen molar-refractivity contribution < 1.29 is 32.3 Å². The second-order valence-electron chi connectivity index (χ2n) is 7.36. The predicted molar refractivity (Wildman–Crippen MR) is 96.8 cm³/mol. The number of alkyl halides is 3. The van der Waals surface area contributed by atoms with Crippen LogP contribution in [-0.2, 0) is 14.3 Å². The summed E-state index contributed by atoms with van der Waals surface area (Å²) in [7, 11) is 0. The summed E-state index contributed by atoms with van der Waals surface area (Å²) in [4.78, 5) is 39.6. The zero-order valence-electron chi connectivity index (χ0n) is 15.9. The van der Waals surface area contributed by atoms with Crippen molar-refractivity contribution >= 4 is 17.8 Å². The highest BCUT2D eigenvalue weighted by atomic mass is 19.4. The highest BCUT2D eigenvalue weighted by Crippen LogP contribution is 2.31. The Kier molecular flexibility index (Phi) is 6.56. The van der Waals surface area contributed by atoms with Gasteiger partial charge in [0.25, 0.3) is 5.91 Å². The molecule has 1 amide bonds. The summed E-state index contributed by atoms with van der Waals surface area (Å²) < 4.78 is 41.3. The zero-order valence-corrected chi connectivity index (χ0v) is 15.9. The summed E-state index contributed by atoms with van der Waals surface area (Å²) in [5.74, 6) is -4.42. The van der Waals surface area contributed by atoms with Crippen LogP contribution in [0.1, 0.15) is 36.0 Å². The average molecular weight is 412 g/mol. The van der Waals surface area contributed by atoms with E-state index in [4.69, 9.17) is 0 Å². The molecule has 1 aromatic rings. The minimum absolute atomic E-state index is 0.0689. The van der Waals surface area contributed by atoms with Crippen molar-refractivity contribution in [1.82, 2.24) is 9.80 Å². The molecule has 29 heavy (non-hydrogen) atoms. The third kappa shape index (κ3) is 5.14. The highest BCUT2D eigenvalue weighted by molar-refractivity contribution is 5.94. The van der Waals surface area contributed by atoms with Gasteiger partial charge >= 0.3 is 18.1 Å². The van der Waals surface area contributed by atoms with E-state index in [-0.39, 0.29) is 11.9 Å². The molecule has 0 bridgehead atoms. The Hall–Kier alpha value is -2.42. The molecule has 6 nitrogen and oxygen atoms in total. The number of piperazine rings is 1. The van der Waals surface area contributed by atoms with Gasteiger partial charge in [0.2, 0.25) is 0 Å². The number of benzene rings is 1. The molecule has 1 aromatic carbocycles. The number of carbonyl (C=O) groups is 3. The van der Waals surface area contributed by atoms with Gasteiger partial charge in [-0.05, 0) is 25.0 Å². The molecule has 1 saturated heterocycles. The Morgan fingerprint density at radius 3 is 2.17 bits per heavy atom. The van der Waals surface area contributed by atoms with Gasteiger partial charge in [-0.15, -0.1) is 0 Å². The van der Waals surface area contributed by atoms with Crippen molar-refractivity contribution in [3.8, 4) is 0 Å². The van der Waals surface area contributed by atoms with Crippen LogP contribution in [0.2, 0.25) is 0 Å². The van der Waals surface area contributed by atoms with E-state index in [2.05, 4.69) is 4.74 Å². The Balaban J connectivity index is 1.60. The van der Waals surface area contributed by atoms with Crippen LogP contribution in [0.5, 0.6) is 0 Å². The van der Waals surface area contributed by atoms with Crippen molar-refractivity contribution in [1.29, 1.82) is 0 Å². The molecule has 158 valence electrons. The number of hydrogen-bond donors (Lipinski definition) is 0. The summed E-state index contributed by atoms with van der Waals surface area (Å²) in [6.07, 6.45) is -2.61. The molecular weight excluding hydrogens is 389 g/mol. The number of esters is 2. The van der Waals surface area contributed by atoms with Crippen molar-refractivity contribution in [3.05, 3.63) is 35.9 Å². The van der Waals surface area contributed by atoms with Crippen molar-refractivity contribution in [3.63, 3.8) is 0 Å². The molecule has 2 atom stereocenters. The maximum absolute atomic E-state index is 12.6. The topological polar surface area (TPSA) is 66.9 Å². The molecule has 1 saturated carbocycles. The van der Waals surface area contributed by atoms with E-state index in [0.29, 0.717) is 51.0 Å². The first-order valence-electron chi connectivity index (χ1n) is 9.68. The van der Waals surface area contributed by atoms with E-state index in [1.165, 1.54) is 0 Å². The lowest BCUT2D eigenvalue weighted by Gasteiger charge is -2.43. The molecule has 1 aliphatic heterocycles. The summed E-state index contributed by atoms with van der Waals surface area (Å²) in [6, 6.07) is 8.64. The third-order valence-electron chi connectivity index (χ3n) is 5.55. The predicted octanol–water partition coefficient (Wildman–Crippen LogP) is 2.64. The number of amides is 1. The largest absolute Gasteiger partial charge is 0.491 e. The molecule has 0 unspecified atom stereocenters. The first-order valence-corrected chi connectivity index (χ1v) is 9.68. The van der Waals surface area contributed by atoms with Gasteiger partial charge in [-0.25, -0.2) is 4.79 Å². The molecule has 0 N–H and O–H groups in total. The number of hydrogen-bond acceptors (Lipinski definition) is 5. The molecule has 2 fully saturated rings. The van der Waals surface area contributed by atoms with Crippen LogP contribution in [0.3, 0.4) is 0 Å². The van der Waals surface area contributed by atoms with Crippen LogP contribution in [0.15, 0.2) is 30.3 Å². The van der Waals surface area contributed by atoms with Gasteiger partial charge in [0.1, 0.15) is 0 Å². The fourth-order valence-corrected chi connectivity index (χ4v) is 4.07. The molecular formula is C20H23F3N2O4. The van der Waals surface area contributed by atoms with Gasteiger partial charge in [0, 0.05) is 37.8 Å². The Morgan fingerprint density at radius 2 is 1.55 bits per heavy atom. The number of rotatable bonds is 3. The molecule has 9 heteroatoms. The van der Waals surface area contributed by atoms with Gasteiger partial charge in [0.05, 0.1) is 5.92 Å². The summed E-state index contributed by atoms with van der Waals surface area (Å²) >= 11 is 0. The van der Waals surface area contributed by atoms with Gasteiger partial charge in [-0.2, -0.15) is 13.2 Å². The van der Waals surface area contributed by atoms with Crippen molar-refractivity contribution in [2.75, 3.05) is 26.2 Å². The monoisotopic (exact) mass is 412 g/mol. The van der Waals surface area contributed by atoms with E-state index in [9.17, 15) is 27.6 Å². The molecule has 0 aromatic heterocycles. The quantitative estimate of drug-likeness (QED) is 0.564. The SMILES string of the molecule is O=C(OC(=O)C(F)(F)F)[C@@H]1CCCC[C@H]1N1CCN(C(=O)c2ccccc2)CC1. The molecule has 0 radical (unpaired) electrons. The van der Waals surface area contributed by atoms with E-state index in [1.807, 2.05) is 11.0 Å². The molecule has 1 aliphatic carbocycles. The van der Waals surface area contributed by atoms with Gasteiger partial charge in [-0.1, -0.05) is 31.0 Å². The highest BCUT2D eigenvalue weighted by Gasteiger charge is 2.45. The van der Waals surface area contributed by atoms with Crippen LogP contribution in [-0.4, -0.2) is 66.0 Å². The second-order valence-corrected chi connectivity index (χ2v) is 7.36. The van der Waals surface area contributed by atoms with Gasteiger partial charge in [-0.3, -0.25) is 14.5 Å². The van der Waals surface area contributed by atoms with Crippen molar-refractivity contribution in [2.45, 2.75) is 37.9 Å². The minimum Gasteiger partial charge on any atom is -0.386 e. The van der Waals surface area contributed by atoms with Crippen molar-refractivity contribution in [2.24, 2.45) is 5.92 Å². The Morgan fingerprint density at radius 1 is 0.931 bits per heavy atom. The third-order valence-corrected chi connectivity index (χ3v) is 5.55. The Labute approximate surface area is 166 Å². The number of ether oxygens (including phenoxy) is 1. The van der Waals surface area contributed by atoms with Crippen LogP contribution in [0, 0.1) is 5.92 Å². The number of halogens is 3. The maximum Gasteiger partial charge on any atom is 0.491 e. The van der Waals surface area contributed by atoms with Gasteiger partial charge < -0.3 is 9.64 Å². The van der Waals surface area contributed by atoms with Gasteiger partial charge in [0.15, 0.2) is 0 Å². The first kappa shape index (κ1) is 21.3. The number of carbonyl (C=O) groups excluding carboxylic acids is 3. The fraction of sp³-hybridized carbons (Fsp3) is 0.550. The van der Waals surface area contributed by atoms with Crippen LogP contribution in [0.25, 0.3) is 0 Å². The normalized spacial score (nSPS) is 23.5. The lowest BCUT2D eigenvalue weighted by Crippen LogP contribution is -2.55. The fourth-order valence-electron chi connectivity index (χ4n) is 4.07. The van der Waals surface area contributed by atoms with E-state index in [1.54, 1.807) is 29.2 Å². The minimum atomic E-state index is -5.19. The summed E-state index contributed by atoms with van der Waals surface area (Å²) in [6.45, 7) is 1.96.